The first-order valence-electron chi connectivity index (χ1n) is 7.55. The summed E-state index contributed by atoms with van der Waals surface area (Å²) in [4.78, 5) is 16.2. The summed E-state index contributed by atoms with van der Waals surface area (Å²) < 4.78 is 7.15. The second-order valence-corrected chi connectivity index (χ2v) is 5.33. The number of carbonyl (C=O) groups is 1. The molecule has 2 aromatic heterocycles. The maximum Gasteiger partial charge on any atom is 0.239 e. The van der Waals surface area contributed by atoms with Crippen LogP contribution in [0.4, 0.5) is 0 Å². The zero-order valence-electron chi connectivity index (χ0n) is 13.0. The number of carbonyl (C=O) groups excluding carboxylic acids is 1. The number of hydrogen-bond acceptors (Lipinski definition) is 3. The third kappa shape index (κ3) is 3.69. The standard InChI is InChI=1S/C18H19N3O2/c1-23-16-4-5-17-15(11-16)7-10-21(17)13-18(22)20-9-6-14-3-2-8-19-12-14/h2-5,7-8,10-12H,6,9,13H2,1H3,(H,20,22). The number of ether oxygens (including phenoxy) is 1. The van der Waals surface area contributed by atoms with Crippen LogP contribution in [0.2, 0.25) is 0 Å². The smallest absolute Gasteiger partial charge is 0.239 e. The molecule has 0 unspecified atom stereocenters. The summed E-state index contributed by atoms with van der Waals surface area (Å²) in [6.07, 6.45) is 6.27. The lowest BCUT2D eigenvalue weighted by Crippen LogP contribution is -2.29. The quantitative estimate of drug-likeness (QED) is 0.761. The molecule has 0 aliphatic rings. The molecule has 0 bridgehead atoms. The van der Waals surface area contributed by atoms with E-state index in [2.05, 4.69) is 10.3 Å². The number of amides is 1. The van der Waals surface area contributed by atoms with Gasteiger partial charge in [0.1, 0.15) is 12.3 Å². The Labute approximate surface area is 134 Å². The predicted octanol–water partition coefficient (Wildman–Crippen LogP) is 2.40. The van der Waals surface area contributed by atoms with Crippen LogP contribution in [-0.4, -0.2) is 29.1 Å². The predicted molar refractivity (Wildman–Crippen MR) is 89.4 cm³/mol. The lowest BCUT2D eigenvalue weighted by atomic mass is 10.2. The fraction of sp³-hybridized carbons (Fsp3) is 0.222. The number of fused-ring (bicyclic) bond motifs is 1. The first-order chi connectivity index (χ1) is 11.3. The maximum absolute atomic E-state index is 12.1. The first-order valence-corrected chi connectivity index (χ1v) is 7.55. The van der Waals surface area contributed by atoms with E-state index in [1.54, 1.807) is 13.3 Å². The summed E-state index contributed by atoms with van der Waals surface area (Å²) in [6, 6.07) is 11.7. The van der Waals surface area contributed by atoms with Gasteiger partial charge in [-0.15, -0.1) is 0 Å². The van der Waals surface area contributed by atoms with Gasteiger partial charge in [0.2, 0.25) is 5.91 Å². The molecule has 0 aliphatic heterocycles. The largest absolute Gasteiger partial charge is 0.497 e. The lowest BCUT2D eigenvalue weighted by molar-refractivity contribution is -0.121. The van der Waals surface area contributed by atoms with Crippen molar-refractivity contribution in [1.29, 1.82) is 0 Å². The third-order valence-corrected chi connectivity index (χ3v) is 3.75. The Balaban J connectivity index is 1.57. The summed E-state index contributed by atoms with van der Waals surface area (Å²) in [5, 5.41) is 4.01. The molecule has 0 spiro atoms. The highest BCUT2D eigenvalue weighted by atomic mass is 16.5. The average Bonchev–Trinajstić information content (AvgIpc) is 2.98. The minimum Gasteiger partial charge on any atom is -0.497 e. The Kier molecular flexibility index (Phi) is 4.57. The van der Waals surface area contributed by atoms with Gasteiger partial charge in [-0.3, -0.25) is 9.78 Å². The number of aromatic nitrogens is 2. The van der Waals surface area contributed by atoms with Gasteiger partial charge >= 0.3 is 0 Å². The number of nitrogens with one attached hydrogen (secondary N) is 1. The van der Waals surface area contributed by atoms with E-state index in [0.29, 0.717) is 13.1 Å². The van der Waals surface area contributed by atoms with Gasteiger partial charge in [-0.25, -0.2) is 0 Å². The number of benzene rings is 1. The van der Waals surface area contributed by atoms with Gasteiger partial charge in [-0.2, -0.15) is 0 Å². The monoisotopic (exact) mass is 309 g/mol. The van der Waals surface area contributed by atoms with Crippen LogP contribution in [0.25, 0.3) is 10.9 Å². The van der Waals surface area contributed by atoms with E-state index in [1.165, 1.54) is 0 Å². The molecule has 5 nitrogen and oxygen atoms in total. The summed E-state index contributed by atoms with van der Waals surface area (Å²) in [7, 11) is 1.65. The van der Waals surface area contributed by atoms with Crippen LogP contribution in [0.3, 0.4) is 0 Å². The number of rotatable bonds is 6. The lowest BCUT2D eigenvalue weighted by Gasteiger charge is -2.08. The van der Waals surface area contributed by atoms with E-state index >= 15 is 0 Å². The van der Waals surface area contributed by atoms with E-state index in [0.717, 1.165) is 28.6 Å². The molecule has 0 saturated heterocycles. The minimum absolute atomic E-state index is 0.00204. The van der Waals surface area contributed by atoms with Gasteiger partial charge in [0.15, 0.2) is 0 Å². The van der Waals surface area contributed by atoms with Crippen molar-refractivity contribution in [3.05, 3.63) is 60.6 Å². The molecular weight excluding hydrogens is 290 g/mol. The Bertz CT molecular complexity index is 796. The Morgan fingerprint density at radius 1 is 1.30 bits per heavy atom. The average molecular weight is 309 g/mol. The van der Waals surface area contributed by atoms with Gasteiger partial charge < -0.3 is 14.6 Å². The van der Waals surface area contributed by atoms with E-state index in [4.69, 9.17) is 4.74 Å². The Hall–Kier alpha value is -2.82. The Morgan fingerprint density at radius 3 is 3.00 bits per heavy atom. The van der Waals surface area contributed by atoms with Crippen LogP contribution >= 0.6 is 0 Å². The van der Waals surface area contributed by atoms with Gasteiger partial charge in [0, 0.05) is 36.0 Å². The van der Waals surface area contributed by atoms with Crippen molar-refractivity contribution >= 4 is 16.8 Å². The molecule has 3 rings (SSSR count). The van der Waals surface area contributed by atoms with Gasteiger partial charge in [-0.1, -0.05) is 6.07 Å². The minimum atomic E-state index is 0.00204. The zero-order chi connectivity index (χ0) is 16.1. The fourth-order valence-corrected chi connectivity index (χ4v) is 2.55. The normalized spacial score (nSPS) is 10.7. The van der Waals surface area contributed by atoms with Crippen LogP contribution in [-0.2, 0) is 17.8 Å². The van der Waals surface area contributed by atoms with Gasteiger partial charge in [0.25, 0.3) is 0 Å². The van der Waals surface area contributed by atoms with Crippen LogP contribution in [0, 0.1) is 0 Å². The molecule has 0 aliphatic carbocycles. The topological polar surface area (TPSA) is 56.1 Å². The van der Waals surface area contributed by atoms with Crippen molar-refractivity contribution < 1.29 is 9.53 Å². The molecule has 2 heterocycles. The second kappa shape index (κ2) is 6.96. The number of pyridine rings is 1. The van der Waals surface area contributed by atoms with Crippen LogP contribution in [0.5, 0.6) is 5.75 Å². The van der Waals surface area contributed by atoms with Crippen LogP contribution < -0.4 is 10.1 Å². The highest BCUT2D eigenvalue weighted by molar-refractivity contribution is 5.84. The molecular formula is C18H19N3O2. The summed E-state index contributed by atoms with van der Waals surface area (Å²) in [6.45, 7) is 0.917. The molecule has 0 fully saturated rings. The van der Waals surface area contributed by atoms with Crippen LogP contribution in [0.1, 0.15) is 5.56 Å². The maximum atomic E-state index is 12.1. The molecule has 0 radical (unpaired) electrons. The number of hydrogen-bond donors (Lipinski definition) is 1. The first kappa shape index (κ1) is 15.1. The Morgan fingerprint density at radius 2 is 2.22 bits per heavy atom. The highest BCUT2D eigenvalue weighted by Crippen LogP contribution is 2.21. The summed E-state index contributed by atoms with van der Waals surface area (Å²) in [5.74, 6) is 0.818. The molecule has 23 heavy (non-hydrogen) atoms. The van der Waals surface area contributed by atoms with Gasteiger partial charge in [0.05, 0.1) is 7.11 Å². The molecule has 1 amide bonds. The van der Waals surface area contributed by atoms with Crippen molar-refractivity contribution in [3.63, 3.8) is 0 Å². The van der Waals surface area contributed by atoms with E-state index in [-0.39, 0.29) is 5.91 Å². The third-order valence-electron chi connectivity index (χ3n) is 3.75. The van der Waals surface area contributed by atoms with Crippen molar-refractivity contribution in [2.45, 2.75) is 13.0 Å². The highest BCUT2D eigenvalue weighted by Gasteiger charge is 2.07. The second-order valence-electron chi connectivity index (χ2n) is 5.33. The van der Waals surface area contributed by atoms with Gasteiger partial charge in [-0.05, 0) is 42.3 Å². The van der Waals surface area contributed by atoms with E-state index in [9.17, 15) is 4.79 Å². The SMILES string of the molecule is COc1ccc2c(ccn2CC(=O)NCCc2cccnc2)c1. The fourth-order valence-electron chi connectivity index (χ4n) is 2.55. The molecule has 118 valence electrons. The molecule has 3 aromatic rings. The molecule has 0 atom stereocenters. The zero-order valence-corrected chi connectivity index (χ0v) is 13.0. The summed E-state index contributed by atoms with van der Waals surface area (Å²) >= 11 is 0. The van der Waals surface area contributed by atoms with E-state index < -0.39 is 0 Å². The molecule has 1 aromatic carbocycles. The van der Waals surface area contributed by atoms with Crippen LogP contribution in [0.15, 0.2) is 55.0 Å². The molecule has 5 heteroatoms. The van der Waals surface area contributed by atoms with Crippen molar-refractivity contribution in [1.82, 2.24) is 14.9 Å². The van der Waals surface area contributed by atoms with Crippen molar-refractivity contribution in [3.8, 4) is 5.75 Å². The number of nitrogens with zero attached hydrogens (tertiary/aromatic N) is 2. The number of methoxy groups -OCH3 is 1. The summed E-state index contributed by atoms with van der Waals surface area (Å²) in [5.41, 5.74) is 2.14. The van der Waals surface area contributed by atoms with Crippen molar-refractivity contribution in [2.75, 3.05) is 13.7 Å². The molecule has 0 saturated carbocycles. The van der Waals surface area contributed by atoms with Crippen molar-refractivity contribution in [2.24, 2.45) is 0 Å². The van der Waals surface area contributed by atoms with E-state index in [1.807, 2.05) is 53.4 Å². The molecule has 1 N–H and O–H groups in total.